The van der Waals surface area contributed by atoms with Gasteiger partial charge < -0.3 is 5.32 Å². The Hall–Kier alpha value is -0.820. The molecule has 1 heteroatoms. The Bertz CT molecular complexity index is 201. The van der Waals surface area contributed by atoms with E-state index >= 15 is 0 Å². The maximum atomic E-state index is 3.57. The lowest BCUT2D eigenvalue weighted by Gasteiger charge is -1.99. The van der Waals surface area contributed by atoms with E-state index in [0.29, 0.717) is 0 Å². The maximum Gasteiger partial charge on any atom is 0.00768 e. The molecule has 0 unspecified atom stereocenters. The van der Waals surface area contributed by atoms with E-state index in [0.717, 1.165) is 13.0 Å². The maximum absolute atomic E-state index is 3.57. The molecule has 0 saturated heterocycles. The summed E-state index contributed by atoms with van der Waals surface area (Å²) in [7, 11) is 3.57. The highest BCUT2D eigenvalue weighted by Gasteiger charge is 1.89. The molecule has 0 aliphatic heterocycles. The molecule has 0 spiro atoms. The van der Waals surface area contributed by atoms with Crippen LogP contribution in [0.2, 0.25) is 0 Å². The molecule has 1 N–H and O–H groups in total. The van der Waals surface area contributed by atoms with Crippen LogP contribution in [0, 0.1) is 14.0 Å². The van der Waals surface area contributed by atoms with Crippen LogP contribution in [0.15, 0.2) is 24.3 Å². The van der Waals surface area contributed by atoms with Gasteiger partial charge in [-0.05, 0) is 25.5 Å². The lowest BCUT2D eigenvalue weighted by Crippen LogP contribution is -2.07. The summed E-state index contributed by atoms with van der Waals surface area (Å²) < 4.78 is 0. The van der Waals surface area contributed by atoms with E-state index < -0.39 is 0 Å². The standard InChI is InChI=1S/C10H14N/c1-9-3-5-10(6-4-9)7-8-11-2/h3-6,11H,2,7-8H2,1H3. The minimum atomic E-state index is 0.947. The summed E-state index contributed by atoms with van der Waals surface area (Å²) in [6, 6.07) is 8.59. The Morgan fingerprint density at radius 2 is 1.91 bits per heavy atom. The van der Waals surface area contributed by atoms with Crippen molar-refractivity contribution in [2.24, 2.45) is 0 Å². The third-order valence-corrected chi connectivity index (χ3v) is 1.71. The predicted molar refractivity (Wildman–Crippen MR) is 48.2 cm³/mol. The Kier molecular flexibility index (Phi) is 3.12. The van der Waals surface area contributed by atoms with Gasteiger partial charge in [0.15, 0.2) is 0 Å². The Morgan fingerprint density at radius 1 is 1.27 bits per heavy atom. The van der Waals surface area contributed by atoms with Crippen molar-refractivity contribution in [1.29, 1.82) is 0 Å². The minimum absolute atomic E-state index is 0.947. The fraction of sp³-hybridized carbons (Fsp3) is 0.300. The first-order valence-electron chi connectivity index (χ1n) is 3.88. The zero-order chi connectivity index (χ0) is 8.10. The van der Waals surface area contributed by atoms with Gasteiger partial charge in [0.1, 0.15) is 0 Å². The van der Waals surface area contributed by atoms with Gasteiger partial charge in [-0.25, -0.2) is 0 Å². The predicted octanol–water partition coefficient (Wildman–Crippen LogP) is 1.92. The van der Waals surface area contributed by atoms with Crippen LogP contribution < -0.4 is 5.32 Å². The van der Waals surface area contributed by atoms with Gasteiger partial charge in [-0.2, -0.15) is 0 Å². The number of rotatable bonds is 3. The van der Waals surface area contributed by atoms with Gasteiger partial charge in [0.25, 0.3) is 0 Å². The lowest BCUT2D eigenvalue weighted by molar-refractivity contribution is 0.829. The van der Waals surface area contributed by atoms with Crippen LogP contribution in [0.4, 0.5) is 0 Å². The Balaban J connectivity index is 2.52. The van der Waals surface area contributed by atoms with Gasteiger partial charge in [-0.15, -0.1) is 0 Å². The number of benzene rings is 1. The summed E-state index contributed by atoms with van der Waals surface area (Å²) in [6.07, 6.45) is 1.06. The van der Waals surface area contributed by atoms with Crippen LogP contribution in [0.25, 0.3) is 0 Å². The van der Waals surface area contributed by atoms with Crippen LogP contribution in [0.1, 0.15) is 11.1 Å². The first kappa shape index (κ1) is 8.28. The summed E-state index contributed by atoms with van der Waals surface area (Å²) in [5.74, 6) is 0. The molecule has 0 heterocycles. The molecular formula is C10H14N. The lowest BCUT2D eigenvalue weighted by atomic mass is 10.1. The third-order valence-electron chi connectivity index (χ3n) is 1.71. The molecule has 11 heavy (non-hydrogen) atoms. The fourth-order valence-corrected chi connectivity index (χ4v) is 0.987. The molecule has 0 fully saturated rings. The molecule has 0 aromatic heterocycles. The number of aryl methyl sites for hydroxylation is 1. The zero-order valence-corrected chi connectivity index (χ0v) is 6.93. The minimum Gasteiger partial charge on any atom is -0.315 e. The topological polar surface area (TPSA) is 12.0 Å². The van der Waals surface area contributed by atoms with E-state index in [-0.39, 0.29) is 0 Å². The molecule has 1 rings (SSSR count). The Morgan fingerprint density at radius 3 is 2.45 bits per heavy atom. The molecule has 1 aromatic carbocycles. The average Bonchev–Trinajstić information content (AvgIpc) is 2.04. The first-order chi connectivity index (χ1) is 5.33. The molecule has 1 nitrogen and oxygen atoms in total. The fourth-order valence-electron chi connectivity index (χ4n) is 0.987. The molecule has 0 aliphatic rings. The summed E-state index contributed by atoms with van der Waals surface area (Å²) in [4.78, 5) is 0. The summed E-state index contributed by atoms with van der Waals surface area (Å²) in [5.41, 5.74) is 2.68. The van der Waals surface area contributed by atoms with Crippen molar-refractivity contribution in [1.82, 2.24) is 5.32 Å². The molecule has 0 saturated carbocycles. The van der Waals surface area contributed by atoms with Crippen molar-refractivity contribution in [2.75, 3.05) is 6.54 Å². The van der Waals surface area contributed by atoms with Gasteiger partial charge >= 0.3 is 0 Å². The number of hydrogen-bond acceptors (Lipinski definition) is 1. The van der Waals surface area contributed by atoms with E-state index in [9.17, 15) is 0 Å². The van der Waals surface area contributed by atoms with Crippen molar-refractivity contribution in [3.63, 3.8) is 0 Å². The normalized spacial score (nSPS) is 10.0. The van der Waals surface area contributed by atoms with Crippen LogP contribution in [0.5, 0.6) is 0 Å². The van der Waals surface area contributed by atoms with Gasteiger partial charge in [-0.3, -0.25) is 0 Å². The second-order valence-electron chi connectivity index (χ2n) is 2.74. The van der Waals surface area contributed by atoms with Crippen molar-refractivity contribution >= 4 is 0 Å². The molecule has 59 valence electrons. The smallest absolute Gasteiger partial charge is 0.00768 e. The molecule has 0 aliphatic carbocycles. The molecule has 1 radical (unpaired) electrons. The quantitative estimate of drug-likeness (QED) is 0.690. The molecule has 0 bridgehead atoms. The van der Waals surface area contributed by atoms with E-state index in [1.54, 1.807) is 0 Å². The molecule has 1 aromatic rings. The van der Waals surface area contributed by atoms with Gasteiger partial charge in [0.05, 0.1) is 0 Å². The second-order valence-corrected chi connectivity index (χ2v) is 2.74. The van der Waals surface area contributed by atoms with Crippen molar-refractivity contribution in [3.05, 3.63) is 42.4 Å². The van der Waals surface area contributed by atoms with E-state index in [1.807, 2.05) is 0 Å². The SMILES string of the molecule is [CH2]NCCc1ccc(C)cc1. The zero-order valence-electron chi connectivity index (χ0n) is 6.93. The van der Waals surface area contributed by atoms with Crippen LogP contribution in [-0.4, -0.2) is 6.54 Å². The highest BCUT2D eigenvalue weighted by molar-refractivity contribution is 5.21. The molecular weight excluding hydrogens is 134 g/mol. The first-order valence-corrected chi connectivity index (χ1v) is 3.88. The number of hydrogen-bond donors (Lipinski definition) is 1. The highest BCUT2D eigenvalue weighted by Crippen LogP contribution is 2.02. The molecule has 0 atom stereocenters. The third kappa shape index (κ3) is 2.72. The van der Waals surface area contributed by atoms with E-state index in [4.69, 9.17) is 0 Å². The number of nitrogens with one attached hydrogen (secondary N) is 1. The Labute approximate surface area is 68.4 Å². The summed E-state index contributed by atoms with van der Waals surface area (Å²) in [5, 5.41) is 2.88. The summed E-state index contributed by atoms with van der Waals surface area (Å²) >= 11 is 0. The van der Waals surface area contributed by atoms with E-state index in [2.05, 4.69) is 43.6 Å². The second kappa shape index (κ2) is 4.14. The van der Waals surface area contributed by atoms with Crippen LogP contribution in [0.3, 0.4) is 0 Å². The van der Waals surface area contributed by atoms with Crippen molar-refractivity contribution in [3.8, 4) is 0 Å². The van der Waals surface area contributed by atoms with Crippen molar-refractivity contribution in [2.45, 2.75) is 13.3 Å². The van der Waals surface area contributed by atoms with Gasteiger partial charge in [0, 0.05) is 7.05 Å². The van der Waals surface area contributed by atoms with Crippen molar-refractivity contribution < 1.29 is 0 Å². The monoisotopic (exact) mass is 148 g/mol. The van der Waals surface area contributed by atoms with Gasteiger partial charge in [0.2, 0.25) is 0 Å². The van der Waals surface area contributed by atoms with E-state index in [1.165, 1.54) is 11.1 Å². The molecule has 0 amide bonds. The van der Waals surface area contributed by atoms with Gasteiger partial charge in [-0.1, -0.05) is 29.8 Å². The van der Waals surface area contributed by atoms with Crippen LogP contribution >= 0.6 is 0 Å². The largest absolute Gasteiger partial charge is 0.315 e. The average molecular weight is 148 g/mol. The summed E-state index contributed by atoms with van der Waals surface area (Å²) in [6.45, 7) is 3.05. The highest BCUT2D eigenvalue weighted by atomic mass is 14.8. The van der Waals surface area contributed by atoms with Crippen LogP contribution in [-0.2, 0) is 6.42 Å².